The monoisotopic (exact) mass is 612 g/mol. The van der Waals surface area contributed by atoms with Gasteiger partial charge in [-0.3, -0.25) is 28.8 Å². The van der Waals surface area contributed by atoms with E-state index in [4.69, 9.17) is 23.9 Å². The van der Waals surface area contributed by atoms with Crippen molar-refractivity contribution in [1.29, 1.82) is 0 Å². The molecule has 0 aliphatic carbocycles. The van der Waals surface area contributed by atoms with Crippen LogP contribution in [0.1, 0.15) is 32.1 Å². The number of methoxy groups -OCH3 is 2. The Hall–Kier alpha value is -4.74. The molecule has 3 aromatic carbocycles. The maximum Gasteiger partial charge on any atom is 0.265 e. The molecule has 0 saturated carbocycles. The van der Waals surface area contributed by atoms with Gasteiger partial charge >= 0.3 is 0 Å². The maximum absolute atomic E-state index is 13.7. The Kier molecular flexibility index (Phi) is 9.08. The molecule has 0 bridgehead atoms. The van der Waals surface area contributed by atoms with E-state index in [0.29, 0.717) is 78.9 Å². The predicted molar refractivity (Wildman–Crippen MR) is 168 cm³/mol. The minimum atomic E-state index is -0.406. The molecular weight excluding hydrogens is 576 g/mol. The summed E-state index contributed by atoms with van der Waals surface area (Å²) in [7, 11) is 3.16. The van der Waals surface area contributed by atoms with Crippen molar-refractivity contribution in [3.63, 3.8) is 0 Å². The smallest absolute Gasteiger partial charge is 0.265 e. The molecule has 2 aliphatic heterocycles. The van der Waals surface area contributed by atoms with Gasteiger partial charge in [-0.1, -0.05) is 24.3 Å². The first-order valence-electron chi connectivity index (χ1n) is 15.1. The third-order valence-corrected chi connectivity index (χ3v) is 8.30. The molecule has 0 N–H and O–H groups in total. The average Bonchev–Trinajstić information content (AvgIpc) is 3.32. The van der Waals surface area contributed by atoms with Gasteiger partial charge in [0.15, 0.2) is 11.5 Å². The number of imide groups is 1. The van der Waals surface area contributed by atoms with Crippen LogP contribution in [0.15, 0.2) is 65.5 Å². The molecule has 2 aliphatic rings. The molecule has 0 spiro atoms. The first-order chi connectivity index (χ1) is 22.0. The van der Waals surface area contributed by atoms with Crippen LogP contribution in [0.25, 0.3) is 10.9 Å². The third-order valence-electron chi connectivity index (χ3n) is 8.30. The van der Waals surface area contributed by atoms with Crippen LogP contribution in [-0.4, -0.2) is 91.4 Å². The number of hydrogen-bond donors (Lipinski definition) is 0. The number of nitrogens with zero attached hydrogens (tertiary/aromatic N) is 4. The fourth-order valence-corrected chi connectivity index (χ4v) is 5.86. The summed E-state index contributed by atoms with van der Waals surface area (Å²) in [6.07, 6.45) is 0.746. The van der Waals surface area contributed by atoms with Crippen LogP contribution < -0.4 is 19.8 Å². The van der Waals surface area contributed by atoms with Crippen LogP contribution in [0.4, 0.5) is 0 Å². The van der Waals surface area contributed by atoms with E-state index in [9.17, 15) is 14.4 Å². The van der Waals surface area contributed by atoms with Gasteiger partial charge < -0.3 is 18.9 Å². The van der Waals surface area contributed by atoms with E-state index >= 15 is 0 Å². The number of aromatic nitrogens is 2. The number of benzene rings is 3. The highest BCUT2D eigenvalue weighted by Gasteiger charge is 2.38. The fraction of sp³-hybridized carbons (Fsp3) is 0.353. The molecule has 3 heterocycles. The predicted octanol–water partition coefficient (Wildman–Crippen LogP) is 3.21. The van der Waals surface area contributed by atoms with Gasteiger partial charge in [0.1, 0.15) is 18.2 Å². The first kappa shape index (κ1) is 30.3. The van der Waals surface area contributed by atoms with E-state index in [2.05, 4.69) is 4.90 Å². The Labute approximate surface area is 260 Å². The van der Waals surface area contributed by atoms with E-state index in [1.165, 1.54) is 4.90 Å². The Morgan fingerprint density at radius 1 is 0.800 bits per heavy atom. The van der Waals surface area contributed by atoms with Gasteiger partial charge in [0.2, 0.25) is 0 Å². The first-order valence-corrected chi connectivity index (χ1v) is 15.1. The normalized spacial score (nSPS) is 15.0. The van der Waals surface area contributed by atoms with Gasteiger partial charge in [-0.05, 0) is 48.4 Å². The molecule has 234 valence electrons. The standard InChI is InChI=1S/C34H36N4O7/c1-42-27-11-10-23(22-29(27)43-2)12-14-37-30(35-26-8-4-3-6-24(26)32(37)39)13-15-38-33(40)25-7-5-9-28(31(25)34(38)41)45-21-18-36-16-19-44-20-17-36/h3-11,22H,12-21H2,1-2H3. The van der Waals surface area contributed by atoms with Crippen molar-refractivity contribution < 1.29 is 28.5 Å². The van der Waals surface area contributed by atoms with Crippen molar-refractivity contribution in [2.75, 3.05) is 60.2 Å². The molecule has 1 saturated heterocycles. The number of ether oxygens (including phenoxy) is 4. The molecule has 0 unspecified atom stereocenters. The topological polar surface area (TPSA) is 112 Å². The number of morpholine rings is 1. The highest BCUT2D eigenvalue weighted by atomic mass is 16.5. The number of hydrogen-bond acceptors (Lipinski definition) is 9. The summed E-state index contributed by atoms with van der Waals surface area (Å²) in [4.78, 5) is 48.9. The second-order valence-corrected chi connectivity index (χ2v) is 10.9. The van der Waals surface area contributed by atoms with E-state index in [1.54, 1.807) is 49.1 Å². The molecular formula is C34H36N4O7. The largest absolute Gasteiger partial charge is 0.493 e. The second-order valence-electron chi connectivity index (χ2n) is 10.9. The van der Waals surface area contributed by atoms with Gasteiger partial charge in [0, 0.05) is 39.1 Å². The summed E-state index contributed by atoms with van der Waals surface area (Å²) >= 11 is 0. The molecule has 6 rings (SSSR count). The summed E-state index contributed by atoms with van der Waals surface area (Å²) in [6.45, 7) is 4.58. The lowest BCUT2D eigenvalue weighted by Crippen LogP contribution is -2.38. The highest BCUT2D eigenvalue weighted by Crippen LogP contribution is 2.31. The highest BCUT2D eigenvalue weighted by molar-refractivity contribution is 6.22. The lowest BCUT2D eigenvalue weighted by molar-refractivity contribution is 0.0322. The van der Waals surface area contributed by atoms with E-state index in [-0.39, 0.29) is 30.0 Å². The number of carbonyl (C=O) groups excluding carboxylic acids is 2. The zero-order chi connectivity index (χ0) is 31.3. The molecule has 11 nitrogen and oxygen atoms in total. The van der Waals surface area contributed by atoms with Crippen molar-refractivity contribution in [2.24, 2.45) is 0 Å². The van der Waals surface area contributed by atoms with Crippen LogP contribution in [-0.2, 0) is 24.1 Å². The zero-order valence-electron chi connectivity index (χ0n) is 25.5. The molecule has 4 aromatic rings. The number of fused-ring (bicyclic) bond motifs is 2. The van der Waals surface area contributed by atoms with Gasteiger partial charge in [-0.2, -0.15) is 0 Å². The van der Waals surface area contributed by atoms with Gasteiger partial charge in [-0.25, -0.2) is 4.98 Å². The molecule has 0 atom stereocenters. The van der Waals surface area contributed by atoms with E-state index < -0.39 is 5.91 Å². The zero-order valence-corrected chi connectivity index (χ0v) is 25.5. The number of amides is 2. The summed E-state index contributed by atoms with van der Waals surface area (Å²) in [5.74, 6) is 1.34. The summed E-state index contributed by atoms with van der Waals surface area (Å²) in [5, 5.41) is 0.508. The maximum atomic E-state index is 13.7. The molecule has 0 radical (unpaired) electrons. The van der Waals surface area contributed by atoms with Crippen LogP contribution in [0, 0.1) is 0 Å². The van der Waals surface area contributed by atoms with E-state index in [0.717, 1.165) is 18.7 Å². The minimum Gasteiger partial charge on any atom is -0.493 e. The SMILES string of the molecule is COc1ccc(CCn2c(CCN3C(=O)c4cccc(OCCN5CCOCC5)c4C3=O)nc3ccccc3c2=O)cc1OC. The lowest BCUT2D eigenvalue weighted by Gasteiger charge is -2.26. The lowest BCUT2D eigenvalue weighted by atomic mass is 10.1. The van der Waals surface area contributed by atoms with Crippen molar-refractivity contribution in [3.05, 3.63) is 93.5 Å². The molecule has 1 aromatic heterocycles. The number of rotatable bonds is 12. The number of aryl methyl sites for hydroxylation is 1. The van der Waals surface area contributed by atoms with Gasteiger partial charge in [0.25, 0.3) is 17.4 Å². The van der Waals surface area contributed by atoms with Crippen LogP contribution >= 0.6 is 0 Å². The Balaban J connectivity index is 1.20. The molecule has 45 heavy (non-hydrogen) atoms. The van der Waals surface area contributed by atoms with Crippen molar-refractivity contribution in [3.8, 4) is 17.2 Å². The molecule has 2 amide bonds. The van der Waals surface area contributed by atoms with Crippen LogP contribution in [0.3, 0.4) is 0 Å². The van der Waals surface area contributed by atoms with E-state index in [1.807, 2.05) is 30.3 Å². The van der Waals surface area contributed by atoms with Gasteiger partial charge in [0.05, 0.1) is 49.5 Å². The number of carbonyl (C=O) groups is 2. The Morgan fingerprint density at radius 3 is 2.40 bits per heavy atom. The number of para-hydroxylation sites is 1. The molecule has 11 heteroatoms. The van der Waals surface area contributed by atoms with Crippen LogP contribution in [0.2, 0.25) is 0 Å². The molecule has 1 fully saturated rings. The van der Waals surface area contributed by atoms with Crippen LogP contribution in [0.5, 0.6) is 17.2 Å². The average molecular weight is 613 g/mol. The summed E-state index contributed by atoms with van der Waals surface area (Å²) in [6, 6.07) is 17.9. The second kappa shape index (κ2) is 13.5. The van der Waals surface area contributed by atoms with Gasteiger partial charge in [-0.15, -0.1) is 0 Å². The van der Waals surface area contributed by atoms with Crippen molar-refractivity contribution in [1.82, 2.24) is 19.4 Å². The fourth-order valence-electron chi connectivity index (χ4n) is 5.86. The van der Waals surface area contributed by atoms with Crippen molar-refractivity contribution >= 4 is 22.7 Å². The third kappa shape index (κ3) is 6.27. The summed E-state index contributed by atoms with van der Waals surface area (Å²) in [5.41, 5.74) is 1.95. The van der Waals surface area contributed by atoms with Crippen molar-refractivity contribution in [2.45, 2.75) is 19.4 Å². The Morgan fingerprint density at radius 2 is 1.60 bits per heavy atom. The Bertz CT molecular complexity index is 1780. The minimum absolute atomic E-state index is 0.0701. The quantitative estimate of drug-likeness (QED) is 0.223. The summed E-state index contributed by atoms with van der Waals surface area (Å²) < 4.78 is 23.8.